The lowest BCUT2D eigenvalue weighted by molar-refractivity contribution is 0.102. The van der Waals surface area contributed by atoms with E-state index in [0.29, 0.717) is 16.3 Å². The van der Waals surface area contributed by atoms with Gasteiger partial charge in [-0.1, -0.05) is 18.5 Å². The van der Waals surface area contributed by atoms with Crippen LogP contribution in [0, 0.1) is 0 Å². The van der Waals surface area contributed by atoms with Crippen molar-refractivity contribution >= 4 is 44.8 Å². The van der Waals surface area contributed by atoms with Crippen LogP contribution in [-0.2, 0) is 0 Å². The molecule has 0 bridgehead atoms. The quantitative estimate of drug-likeness (QED) is 0.765. The second kappa shape index (κ2) is 7.48. The molecule has 110 valence electrons. The second-order valence-corrected chi connectivity index (χ2v) is 5.87. The Labute approximate surface area is 137 Å². The fourth-order valence-electron chi connectivity index (χ4n) is 1.79. The number of amides is 1. The Balaban J connectivity index is 2.06. The van der Waals surface area contributed by atoms with Crippen LogP contribution < -0.4 is 10.6 Å². The molecule has 0 heterocycles. The lowest BCUT2D eigenvalue weighted by Gasteiger charge is -2.09. The fraction of sp³-hybridized carbons (Fsp3) is 0.188. The lowest BCUT2D eigenvalue weighted by atomic mass is 10.2. The Morgan fingerprint density at radius 1 is 1.19 bits per heavy atom. The van der Waals surface area contributed by atoms with E-state index >= 15 is 0 Å². The van der Waals surface area contributed by atoms with Crippen molar-refractivity contribution in [3.63, 3.8) is 0 Å². The van der Waals surface area contributed by atoms with Gasteiger partial charge in [0.15, 0.2) is 0 Å². The minimum atomic E-state index is -0.153. The van der Waals surface area contributed by atoms with Crippen molar-refractivity contribution in [1.82, 2.24) is 0 Å². The molecule has 0 atom stereocenters. The predicted octanol–water partition coefficient (Wildman–Crippen LogP) is 5.18. The van der Waals surface area contributed by atoms with E-state index in [4.69, 9.17) is 11.6 Å². The minimum Gasteiger partial charge on any atom is -0.385 e. The molecule has 0 aromatic heterocycles. The molecule has 0 aliphatic carbocycles. The Kier molecular flexibility index (Phi) is 5.65. The number of rotatable bonds is 5. The first-order valence-electron chi connectivity index (χ1n) is 6.70. The van der Waals surface area contributed by atoms with Crippen LogP contribution in [0.3, 0.4) is 0 Å². The third-order valence-corrected chi connectivity index (χ3v) is 3.80. The monoisotopic (exact) mass is 366 g/mol. The molecule has 2 rings (SSSR count). The number of carbonyl (C=O) groups excluding carboxylic acids is 1. The number of hydrogen-bond donors (Lipinski definition) is 2. The van der Waals surface area contributed by atoms with Gasteiger partial charge in [-0.05, 0) is 64.8 Å². The maximum absolute atomic E-state index is 12.2. The molecule has 0 aliphatic rings. The zero-order valence-corrected chi connectivity index (χ0v) is 14.0. The number of anilines is 2. The zero-order valence-electron chi connectivity index (χ0n) is 11.6. The van der Waals surface area contributed by atoms with Crippen LogP contribution in [0.25, 0.3) is 0 Å². The van der Waals surface area contributed by atoms with E-state index in [1.807, 2.05) is 12.1 Å². The van der Waals surface area contributed by atoms with Gasteiger partial charge in [0.25, 0.3) is 5.91 Å². The minimum absolute atomic E-state index is 0.153. The van der Waals surface area contributed by atoms with Crippen molar-refractivity contribution in [2.75, 3.05) is 17.2 Å². The smallest absolute Gasteiger partial charge is 0.255 e. The molecule has 0 fully saturated rings. The lowest BCUT2D eigenvalue weighted by Crippen LogP contribution is -2.12. The predicted molar refractivity (Wildman–Crippen MR) is 92.3 cm³/mol. The van der Waals surface area contributed by atoms with Crippen LogP contribution in [0.1, 0.15) is 23.7 Å². The number of halogens is 2. The summed E-state index contributed by atoms with van der Waals surface area (Å²) >= 11 is 9.26. The number of carbonyl (C=O) groups is 1. The topological polar surface area (TPSA) is 41.1 Å². The van der Waals surface area contributed by atoms with Gasteiger partial charge < -0.3 is 10.6 Å². The van der Waals surface area contributed by atoms with Crippen molar-refractivity contribution in [2.45, 2.75) is 13.3 Å². The molecule has 0 unspecified atom stereocenters. The van der Waals surface area contributed by atoms with E-state index in [-0.39, 0.29) is 5.91 Å². The van der Waals surface area contributed by atoms with Gasteiger partial charge in [0.05, 0.1) is 5.69 Å². The number of benzene rings is 2. The average molecular weight is 368 g/mol. The van der Waals surface area contributed by atoms with Crippen LogP contribution in [0.2, 0.25) is 5.02 Å². The molecule has 5 heteroatoms. The normalized spacial score (nSPS) is 10.2. The van der Waals surface area contributed by atoms with Crippen LogP contribution in [0.15, 0.2) is 46.9 Å². The standard InChI is InChI=1S/C16H16BrClN2O/c1-2-9-19-13-6-3-11(4-7-13)16(21)20-15-8-5-12(18)10-14(15)17/h3-8,10,19H,2,9H2,1H3,(H,20,21). The highest BCUT2D eigenvalue weighted by Gasteiger charge is 2.08. The first kappa shape index (κ1) is 15.9. The molecule has 0 radical (unpaired) electrons. The third kappa shape index (κ3) is 4.48. The van der Waals surface area contributed by atoms with E-state index in [0.717, 1.165) is 23.1 Å². The highest BCUT2D eigenvalue weighted by Crippen LogP contribution is 2.26. The molecule has 0 saturated carbocycles. The van der Waals surface area contributed by atoms with E-state index < -0.39 is 0 Å². The molecule has 21 heavy (non-hydrogen) atoms. The Morgan fingerprint density at radius 2 is 1.90 bits per heavy atom. The maximum Gasteiger partial charge on any atom is 0.255 e. The van der Waals surface area contributed by atoms with Crippen LogP contribution >= 0.6 is 27.5 Å². The van der Waals surface area contributed by atoms with Gasteiger partial charge in [-0.25, -0.2) is 0 Å². The highest BCUT2D eigenvalue weighted by atomic mass is 79.9. The average Bonchev–Trinajstić information content (AvgIpc) is 2.48. The van der Waals surface area contributed by atoms with Crippen molar-refractivity contribution in [3.8, 4) is 0 Å². The van der Waals surface area contributed by atoms with Gasteiger partial charge in [0, 0.05) is 27.3 Å². The summed E-state index contributed by atoms with van der Waals surface area (Å²) in [7, 11) is 0. The molecule has 1 amide bonds. The van der Waals surface area contributed by atoms with Crippen molar-refractivity contribution in [1.29, 1.82) is 0 Å². The van der Waals surface area contributed by atoms with Gasteiger partial charge in [-0.3, -0.25) is 4.79 Å². The van der Waals surface area contributed by atoms with E-state index in [2.05, 4.69) is 33.5 Å². The summed E-state index contributed by atoms with van der Waals surface area (Å²) in [5.41, 5.74) is 2.32. The zero-order chi connectivity index (χ0) is 15.2. The summed E-state index contributed by atoms with van der Waals surface area (Å²) in [5, 5.41) is 6.74. The molecular formula is C16H16BrClN2O. The summed E-state index contributed by atoms with van der Waals surface area (Å²) in [6, 6.07) is 12.7. The molecule has 2 aromatic rings. The first-order valence-corrected chi connectivity index (χ1v) is 7.87. The van der Waals surface area contributed by atoms with Crippen molar-refractivity contribution < 1.29 is 4.79 Å². The van der Waals surface area contributed by atoms with Gasteiger partial charge in [0.2, 0.25) is 0 Å². The van der Waals surface area contributed by atoms with E-state index in [1.165, 1.54) is 0 Å². The van der Waals surface area contributed by atoms with Gasteiger partial charge >= 0.3 is 0 Å². The number of nitrogens with one attached hydrogen (secondary N) is 2. The molecule has 2 N–H and O–H groups in total. The van der Waals surface area contributed by atoms with Crippen LogP contribution in [0.5, 0.6) is 0 Å². The Morgan fingerprint density at radius 3 is 2.52 bits per heavy atom. The molecule has 3 nitrogen and oxygen atoms in total. The number of hydrogen-bond acceptors (Lipinski definition) is 2. The summed E-state index contributed by atoms with van der Waals surface area (Å²) in [6.07, 6.45) is 1.06. The molecule has 0 saturated heterocycles. The summed E-state index contributed by atoms with van der Waals surface area (Å²) < 4.78 is 0.754. The third-order valence-electron chi connectivity index (χ3n) is 2.91. The molecule has 2 aromatic carbocycles. The van der Waals surface area contributed by atoms with Gasteiger partial charge in [-0.15, -0.1) is 0 Å². The van der Waals surface area contributed by atoms with Crippen molar-refractivity contribution in [3.05, 3.63) is 57.5 Å². The van der Waals surface area contributed by atoms with Crippen molar-refractivity contribution in [2.24, 2.45) is 0 Å². The molecule has 0 spiro atoms. The Bertz CT molecular complexity index is 629. The fourth-order valence-corrected chi connectivity index (χ4v) is 2.58. The Hall–Kier alpha value is -1.52. The largest absolute Gasteiger partial charge is 0.385 e. The van der Waals surface area contributed by atoms with Gasteiger partial charge in [-0.2, -0.15) is 0 Å². The summed E-state index contributed by atoms with van der Waals surface area (Å²) in [4.78, 5) is 12.2. The molecular weight excluding hydrogens is 352 g/mol. The van der Waals surface area contributed by atoms with Crippen LogP contribution in [-0.4, -0.2) is 12.5 Å². The maximum atomic E-state index is 12.2. The SMILES string of the molecule is CCCNc1ccc(C(=O)Nc2ccc(Cl)cc2Br)cc1. The van der Waals surface area contributed by atoms with E-state index in [9.17, 15) is 4.79 Å². The molecule has 0 aliphatic heterocycles. The summed E-state index contributed by atoms with van der Waals surface area (Å²) in [6.45, 7) is 3.03. The highest BCUT2D eigenvalue weighted by molar-refractivity contribution is 9.10. The second-order valence-electron chi connectivity index (χ2n) is 4.58. The van der Waals surface area contributed by atoms with Crippen LogP contribution in [0.4, 0.5) is 11.4 Å². The van der Waals surface area contributed by atoms with Gasteiger partial charge in [0.1, 0.15) is 0 Å². The first-order chi connectivity index (χ1) is 10.1. The van der Waals surface area contributed by atoms with E-state index in [1.54, 1.807) is 30.3 Å². The summed E-state index contributed by atoms with van der Waals surface area (Å²) in [5.74, 6) is -0.153.